The van der Waals surface area contributed by atoms with Crippen LogP contribution < -0.4 is 15.4 Å². The van der Waals surface area contributed by atoms with Crippen molar-refractivity contribution < 1.29 is 27.5 Å². The smallest absolute Gasteiger partial charge is 0.323 e. The topological polar surface area (TPSA) is 140 Å². The molecule has 200 valence electrons. The average Bonchev–Trinajstić information content (AvgIpc) is 3.36. The predicted octanol–water partition coefficient (Wildman–Crippen LogP) is 1.99. The Kier molecular flexibility index (Phi) is 8.93. The minimum atomic E-state index is -4.18. The number of amides is 2. The van der Waals surface area contributed by atoms with Crippen molar-refractivity contribution in [2.45, 2.75) is 68.5 Å². The second kappa shape index (κ2) is 12.1. The van der Waals surface area contributed by atoms with E-state index >= 15 is 0 Å². The lowest BCUT2D eigenvalue weighted by Gasteiger charge is -2.27. The van der Waals surface area contributed by atoms with Crippen LogP contribution in [0.3, 0.4) is 0 Å². The van der Waals surface area contributed by atoms with E-state index < -0.39 is 45.4 Å². The molecule has 2 fully saturated rings. The molecule has 1 saturated heterocycles. The van der Waals surface area contributed by atoms with Gasteiger partial charge in [-0.15, -0.1) is 0 Å². The summed E-state index contributed by atoms with van der Waals surface area (Å²) in [5, 5.41) is 20.7. The molecule has 1 unspecified atom stereocenters. The van der Waals surface area contributed by atoms with Gasteiger partial charge in [-0.1, -0.05) is 32.1 Å². The number of pyridine rings is 1. The fourth-order valence-corrected chi connectivity index (χ4v) is 7.10. The van der Waals surface area contributed by atoms with Gasteiger partial charge in [0.2, 0.25) is 5.91 Å². The quantitative estimate of drug-likeness (QED) is 0.382. The Bertz CT molecular complexity index is 1210. The van der Waals surface area contributed by atoms with E-state index in [4.69, 9.17) is 0 Å². The van der Waals surface area contributed by atoms with Crippen molar-refractivity contribution in [1.82, 2.24) is 14.9 Å². The average molecular weight is 549 g/mol. The standard InChI is InChI=1S/C25H32N4O6S2/c30-22-16-28(37(34,35)23-10-4-5-13-29(23)33)12-6-9-20(22)26-25(32)21(15-18-7-2-1-3-8-18)27-24(31)19-11-14-36-17-19/h4-5,10-11,13-14,17-18,20-21H,1-3,6-9,12,15-16H2,(H,26,32)(H,27,31)/t20-,21?/m0/s1. The van der Waals surface area contributed by atoms with Crippen LogP contribution in [0, 0.1) is 11.1 Å². The summed E-state index contributed by atoms with van der Waals surface area (Å²) in [4.78, 5) is 39.1. The highest BCUT2D eigenvalue weighted by atomic mass is 32.2. The normalized spacial score (nSPS) is 20.6. The molecule has 2 aromatic heterocycles. The molecule has 12 heteroatoms. The Balaban J connectivity index is 1.44. The molecule has 37 heavy (non-hydrogen) atoms. The number of nitrogens with zero attached hydrogens (tertiary/aromatic N) is 2. The molecular weight excluding hydrogens is 516 g/mol. The van der Waals surface area contributed by atoms with Gasteiger partial charge in [-0.2, -0.15) is 20.4 Å². The predicted molar refractivity (Wildman–Crippen MR) is 137 cm³/mol. The van der Waals surface area contributed by atoms with Crippen LogP contribution in [-0.4, -0.2) is 55.5 Å². The summed E-state index contributed by atoms with van der Waals surface area (Å²) in [6.07, 6.45) is 7.50. The molecule has 0 aromatic carbocycles. The van der Waals surface area contributed by atoms with Crippen molar-refractivity contribution in [2.75, 3.05) is 13.1 Å². The van der Waals surface area contributed by atoms with E-state index in [0.717, 1.165) is 36.2 Å². The number of ketones is 1. The van der Waals surface area contributed by atoms with Crippen LogP contribution in [0.1, 0.15) is 61.7 Å². The summed E-state index contributed by atoms with van der Waals surface area (Å²) < 4.78 is 27.3. The van der Waals surface area contributed by atoms with Gasteiger partial charge >= 0.3 is 15.0 Å². The molecule has 1 saturated carbocycles. The van der Waals surface area contributed by atoms with Crippen LogP contribution in [0.25, 0.3) is 0 Å². The highest BCUT2D eigenvalue weighted by Crippen LogP contribution is 2.28. The van der Waals surface area contributed by atoms with Crippen LogP contribution in [0.2, 0.25) is 0 Å². The fraction of sp³-hybridized carbons (Fsp3) is 0.520. The van der Waals surface area contributed by atoms with Crippen LogP contribution in [0.15, 0.2) is 46.2 Å². The second-order valence-corrected chi connectivity index (χ2v) is 12.3. The first-order chi connectivity index (χ1) is 17.8. The van der Waals surface area contributed by atoms with Gasteiger partial charge in [0.25, 0.3) is 5.91 Å². The molecule has 1 aliphatic carbocycles. The van der Waals surface area contributed by atoms with Gasteiger partial charge in [0, 0.05) is 24.1 Å². The molecule has 1 aliphatic heterocycles. The zero-order valence-electron chi connectivity index (χ0n) is 20.5. The Labute approximate surface area is 220 Å². The summed E-state index contributed by atoms with van der Waals surface area (Å²) in [5.74, 6) is -0.925. The molecule has 2 aliphatic rings. The van der Waals surface area contributed by atoms with Crippen LogP contribution >= 0.6 is 11.3 Å². The van der Waals surface area contributed by atoms with Gasteiger partial charge in [-0.05, 0) is 42.7 Å². The third-order valence-electron chi connectivity index (χ3n) is 7.03. The number of nitrogens with one attached hydrogen (secondary N) is 2. The minimum absolute atomic E-state index is 0.0513. The van der Waals surface area contributed by atoms with E-state index in [1.165, 1.54) is 36.0 Å². The zero-order valence-corrected chi connectivity index (χ0v) is 22.1. The lowest BCUT2D eigenvalue weighted by molar-refractivity contribution is -0.646. The highest BCUT2D eigenvalue weighted by molar-refractivity contribution is 7.89. The van der Waals surface area contributed by atoms with Crippen molar-refractivity contribution in [3.8, 4) is 0 Å². The molecule has 0 radical (unpaired) electrons. The van der Waals surface area contributed by atoms with Gasteiger partial charge in [0.1, 0.15) is 6.04 Å². The maximum Gasteiger partial charge on any atom is 0.323 e. The Morgan fingerprint density at radius 3 is 2.62 bits per heavy atom. The van der Waals surface area contributed by atoms with Gasteiger partial charge in [-0.25, -0.2) is 8.42 Å². The first-order valence-electron chi connectivity index (χ1n) is 12.6. The van der Waals surface area contributed by atoms with E-state index in [0.29, 0.717) is 24.3 Å². The van der Waals surface area contributed by atoms with E-state index in [9.17, 15) is 28.0 Å². The number of Topliss-reactive ketones (excluding diaryl/α,β-unsaturated/α-hetero) is 1. The fourth-order valence-electron chi connectivity index (χ4n) is 4.99. The van der Waals surface area contributed by atoms with Gasteiger partial charge in [-0.3, -0.25) is 14.4 Å². The number of aromatic nitrogens is 1. The number of thiophene rings is 1. The highest BCUT2D eigenvalue weighted by Gasteiger charge is 2.37. The third-order valence-corrected chi connectivity index (χ3v) is 9.55. The Hall–Kier alpha value is -2.83. The largest absolute Gasteiger partial charge is 0.618 e. The molecule has 2 aromatic rings. The van der Waals surface area contributed by atoms with Crippen LogP contribution in [0.5, 0.6) is 0 Å². The summed E-state index contributed by atoms with van der Waals surface area (Å²) in [6, 6.07) is 4.08. The van der Waals surface area contributed by atoms with Crippen LogP contribution in [0.4, 0.5) is 0 Å². The number of hydrogen-bond acceptors (Lipinski definition) is 7. The Morgan fingerprint density at radius 1 is 1.14 bits per heavy atom. The maximum atomic E-state index is 13.3. The monoisotopic (exact) mass is 548 g/mol. The van der Waals surface area contributed by atoms with E-state index in [2.05, 4.69) is 10.6 Å². The molecule has 0 spiro atoms. The van der Waals surface area contributed by atoms with Gasteiger partial charge in [0.15, 0.2) is 12.0 Å². The molecule has 2 amide bonds. The van der Waals surface area contributed by atoms with Crippen molar-refractivity contribution in [1.29, 1.82) is 0 Å². The first kappa shape index (κ1) is 27.2. The van der Waals surface area contributed by atoms with Crippen molar-refractivity contribution in [3.05, 3.63) is 52.0 Å². The summed E-state index contributed by atoms with van der Waals surface area (Å²) in [5.41, 5.74) is 0.481. The molecule has 3 heterocycles. The third kappa shape index (κ3) is 6.74. The van der Waals surface area contributed by atoms with Crippen molar-refractivity contribution in [2.24, 2.45) is 5.92 Å². The molecular formula is C25H32N4O6S2. The lowest BCUT2D eigenvalue weighted by Crippen LogP contribution is -2.53. The van der Waals surface area contributed by atoms with E-state index in [1.54, 1.807) is 16.8 Å². The van der Waals surface area contributed by atoms with E-state index in [-0.39, 0.29) is 23.6 Å². The maximum absolute atomic E-state index is 13.3. The molecule has 4 rings (SSSR count). The second-order valence-electron chi connectivity index (χ2n) is 9.65. The Morgan fingerprint density at radius 2 is 1.92 bits per heavy atom. The van der Waals surface area contributed by atoms with Gasteiger partial charge < -0.3 is 15.8 Å². The first-order valence-corrected chi connectivity index (χ1v) is 15.0. The summed E-state index contributed by atoms with van der Waals surface area (Å²) in [6.45, 7) is -0.396. The van der Waals surface area contributed by atoms with Crippen LogP contribution in [-0.2, 0) is 19.6 Å². The zero-order chi connectivity index (χ0) is 26.4. The lowest BCUT2D eigenvalue weighted by atomic mass is 9.84. The molecule has 10 nitrogen and oxygen atoms in total. The number of carbonyl (C=O) groups excluding carboxylic acids is 3. The molecule has 2 N–H and O–H groups in total. The van der Waals surface area contributed by atoms with Crippen molar-refractivity contribution >= 4 is 39.0 Å². The van der Waals surface area contributed by atoms with E-state index in [1.807, 2.05) is 0 Å². The molecule has 0 bridgehead atoms. The number of carbonyl (C=O) groups is 3. The number of rotatable bonds is 8. The minimum Gasteiger partial charge on any atom is -0.618 e. The van der Waals surface area contributed by atoms with Crippen molar-refractivity contribution in [3.63, 3.8) is 0 Å². The number of hydrogen-bond donors (Lipinski definition) is 2. The molecule has 2 atom stereocenters. The summed E-state index contributed by atoms with van der Waals surface area (Å²) >= 11 is 1.39. The number of sulfonamides is 1. The summed E-state index contributed by atoms with van der Waals surface area (Å²) in [7, 11) is -4.18. The van der Waals surface area contributed by atoms with Gasteiger partial charge in [0.05, 0.1) is 18.2 Å². The SMILES string of the molecule is O=C(NC(CC1CCCCC1)C(=O)N[C@H]1CCCN(S(=O)(=O)c2cccc[n+]2[O-])CC1=O)c1ccsc1.